The van der Waals surface area contributed by atoms with Crippen molar-refractivity contribution in [3.63, 3.8) is 0 Å². The smallest absolute Gasteiger partial charge is 0.275 e. The van der Waals surface area contributed by atoms with E-state index in [0.29, 0.717) is 45.1 Å². The van der Waals surface area contributed by atoms with Crippen molar-refractivity contribution in [3.05, 3.63) is 94.0 Å². The maximum Gasteiger partial charge on any atom is 0.275 e. The van der Waals surface area contributed by atoms with Crippen LogP contribution in [0, 0.1) is 6.92 Å². The summed E-state index contributed by atoms with van der Waals surface area (Å²) in [4.78, 5) is 25.2. The molecular formula is C30H28BrN3O5. The van der Waals surface area contributed by atoms with E-state index in [2.05, 4.69) is 31.8 Å². The number of hydrazone groups is 1. The van der Waals surface area contributed by atoms with Crippen LogP contribution >= 0.6 is 15.9 Å². The first-order valence-electron chi connectivity index (χ1n) is 12.2. The van der Waals surface area contributed by atoms with Gasteiger partial charge in [-0.1, -0.05) is 42.0 Å². The molecule has 0 saturated carbocycles. The second-order valence-corrected chi connectivity index (χ2v) is 9.42. The number of benzene rings is 4. The molecule has 8 nitrogen and oxygen atoms in total. The molecule has 4 aromatic carbocycles. The van der Waals surface area contributed by atoms with Gasteiger partial charge >= 0.3 is 0 Å². The summed E-state index contributed by atoms with van der Waals surface area (Å²) < 4.78 is 17.5. The van der Waals surface area contributed by atoms with Crippen LogP contribution in [-0.2, 0) is 4.79 Å². The van der Waals surface area contributed by atoms with Gasteiger partial charge in [-0.15, -0.1) is 0 Å². The molecule has 0 saturated heterocycles. The number of hydrogen-bond donors (Lipinski definition) is 2. The third-order valence-electron chi connectivity index (χ3n) is 5.71. The van der Waals surface area contributed by atoms with Crippen molar-refractivity contribution < 1.29 is 23.8 Å². The lowest BCUT2D eigenvalue weighted by molar-refractivity contribution is -0.118. The number of anilines is 1. The summed E-state index contributed by atoms with van der Waals surface area (Å²) >= 11 is 3.49. The van der Waals surface area contributed by atoms with E-state index < -0.39 is 5.91 Å². The molecule has 0 aromatic heterocycles. The van der Waals surface area contributed by atoms with Crippen LogP contribution in [0.2, 0.25) is 0 Å². The number of methoxy groups -OCH3 is 1. The summed E-state index contributed by atoms with van der Waals surface area (Å²) in [6, 6.07) is 22.3. The Morgan fingerprint density at radius 2 is 1.67 bits per heavy atom. The zero-order chi connectivity index (χ0) is 27.8. The predicted octanol–water partition coefficient (Wildman–Crippen LogP) is 6.10. The predicted molar refractivity (Wildman–Crippen MR) is 156 cm³/mol. The Kier molecular flexibility index (Phi) is 9.17. The minimum Gasteiger partial charge on any atom is -0.496 e. The number of nitrogens with one attached hydrogen (secondary N) is 2. The highest BCUT2D eigenvalue weighted by Gasteiger charge is 2.15. The first-order chi connectivity index (χ1) is 18.9. The van der Waals surface area contributed by atoms with E-state index in [-0.39, 0.29) is 12.5 Å². The number of halogens is 1. The molecule has 0 radical (unpaired) electrons. The largest absolute Gasteiger partial charge is 0.496 e. The molecule has 200 valence electrons. The molecule has 9 heteroatoms. The van der Waals surface area contributed by atoms with Crippen LogP contribution in [0.15, 0.2) is 82.4 Å². The fourth-order valence-corrected chi connectivity index (χ4v) is 4.40. The SMILES string of the molecule is CCOc1cc(/C=N\NC(=O)c2cc3ccccc3cc2OC)cc(Br)c1OCC(=O)Nc1ccc(C)cc1. The van der Waals surface area contributed by atoms with Gasteiger partial charge in [-0.2, -0.15) is 5.10 Å². The number of hydrogen-bond acceptors (Lipinski definition) is 6. The van der Waals surface area contributed by atoms with Crippen molar-refractivity contribution in [1.82, 2.24) is 5.43 Å². The second-order valence-electron chi connectivity index (χ2n) is 8.56. The minimum absolute atomic E-state index is 0.205. The molecule has 39 heavy (non-hydrogen) atoms. The normalized spacial score (nSPS) is 10.9. The molecule has 2 amide bonds. The van der Waals surface area contributed by atoms with Crippen molar-refractivity contribution in [1.29, 1.82) is 0 Å². The Morgan fingerprint density at radius 1 is 0.949 bits per heavy atom. The van der Waals surface area contributed by atoms with Gasteiger partial charge in [0, 0.05) is 5.69 Å². The average Bonchev–Trinajstić information content (AvgIpc) is 2.93. The number of ether oxygens (including phenoxy) is 3. The highest BCUT2D eigenvalue weighted by atomic mass is 79.9. The summed E-state index contributed by atoms with van der Waals surface area (Å²) in [7, 11) is 1.52. The summed E-state index contributed by atoms with van der Waals surface area (Å²) in [5.74, 6) is 0.566. The lowest BCUT2D eigenvalue weighted by Gasteiger charge is -2.14. The number of carbonyl (C=O) groups excluding carboxylic acids is 2. The number of aryl methyl sites for hydroxylation is 1. The van der Waals surface area contributed by atoms with E-state index in [0.717, 1.165) is 16.3 Å². The van der Waals surface area contributed by atoms with Gasteiger partial charge in [0.1, 0.15) is 5.75 Å². The Morgan fingerprint density at radius 3 is 2.36 bits per heavy atom. The molecule has 0 aliphatic heterocycles. The number of nitrogens with zero attached hydrogens (tertiary/aromatic N) is 1. The van der Waals surface area contributed by atoms with Crippen LogP contribution in [0.3, 0.4) is 0 Å². The highest BCUT2D eigenvalue weighted by Crippen LogP contribution is 2.36. The summed E-state index contributed by atoms with van der Waals surface area (Å²) in [5, 5.41) is 8.80. The van der Waals surface area contributed by atoms with E-state index in [1.165, 1.54) is 13.3 Å². The fraction of sp³-hybridized carbons (Fsp3) is 0.167. The Hall–Kier alpha value is -4.37. The topological polar surface area (TPSA) is 98.2 Å². The monoisotopic (exact) mass is 589 g/mol. The zero-order valence-electron chi connectivity index (χ0n) is 21.8. The van der Waals surface area contributed by atoms with Crippen LogP contribution in [0.5, 0.6) is 17.2 Å². The van der Waals surface area contributed by atoms with Crippen molar-refractivity contribution >= 4 is 50.4 Å². The van der Waals surface area contributed by atoms with Gasteiger partial charge in [0.25, 0.3) is 11.8 Å². The van der Waals surface area contributed by atoms with Crippen molar-refractivity contribution in [3.8, 4) is 17.2 Å². The molecule has 0 atom stereocenters. The standard InChI is InChI=1S/C30H28BrN3O5/c1-4-38-27-14-20(13-25(31)29(27)39-18-28(35)33-23-11-9-19(2)10-12-23)17-32-34-30(36)24-15-21-7-5-6-8-22(21)16-26(24)37-3/h5-17H,4,18H2,1-3H3,(H,33,35)(H,34,36)/b32-17-. The molecule has 2 N–H and O–H groups in total. The van der Waals surface area contributed by atoms with Crippen LogP contribution < -0.4 is 25.0 Å². The summed E-state index contributed by atoms with van der Waals surface area (Å²) in [6.45, 7) is 4.01. The molecule has 4 rings (SSSR count). The molecule has 0 aliphatic carbocycles. The van der Waals surface area contributed by atoms with Crippen LogP contribution in [0.25, 0.3) is 10.8 Å². The molecule has 0 fully saturated rings. The van der Waals surface area contributed by atoms with Gasteiger partial charge < -0.3 is 19.5 Å². The first kappa shape index (κ1) is 27.7. The number of amides is 2. The third-order valence-corrected chi connectivity index (χ3v) is 6.30. The van der Waals surface area contributed by atoms with Gasteiger partial charge in [0.2, 0.25) is 0 Å². The van der Waals surface area contributed by atoms with E-state index in [4.69, 9.17) is 14.2 Å². The Bertz CT molecular complexity index is 1520. The number of rotatable bonds is 10. The Labute approximate surface area is 235 Å². The van der Waals surface area contributed by atoms with Crippen molar-refractivity contribution in [2.45, 2.75) is 13.8 Å². The third kappa shape index (κ3) is 7.14. The van der Waals surface area contributed by atoms with Gasteiger partial charge in [0.05, 0.1) is 30.0 Å². The quantitative estimate of drug-likeness (QED) is 0.172. The summed E-state index contributed by atoms with van der Waals surface area (Å²) in [6.07, 6.45) is 1.49. The molecular weight excluding hydrogens is 562 g/mol. The van der Waals surface area contributed by atoms with E-state index in [1.807, 2.05) is 68.4 Å². The Balaban J connectivity index is 1.44. The van der Waals surface area contributed by atoms with E-state index >= 15 is 0 Å². The first-order valence-corrected chi connectivity index (χ1v) is 13.0. The van der Waals surface area contributed by atoms with E-state index in [9.17, 15) is 9.59 Å². The van der Waals surface area contributed by atoms with Gasteiger partial charge in [-0.05, 0) is 82.5 Å². The molecule has 0 unspecified atom stereocenters. The van der Waals surface area contributed by atoms with Crippen LogP contribution in [0.1, 0.15) is 28.4 Å². The zero-order valence-corrected chi connectivity index (χ0v) is 23.4. The maximum atomic E-state index is 12.8. The molecule has 0 spiro atoms. The van der Waals surface area contributed by atoms with Gasteiger partial charge in [-0.3, -0.25) is 9.59 Å². The number of fused-ring (bicyclic) bond motifs is 1. The lowest BCUT2D eigenvalue weighted by atomic mass is 10.1. The van der Waals surface area contributed by atoms with E-state index in [1.54, 1.807) is 18.2 Å². The average molecular weight is 590 g/mol. The molecule has 0 heterocycles. The number of carbonyl (C=O) groups is 2. The fourth-order valence-electron chi connectivity index (χ4n) is 3.83. The van der Waals surface area contributed by atoms with Crippen molar-refractivity contribution in [2.75, 3.05) is 25.6 Å². The highest BCUT2D eigenvalue weighted by molar-refractivity contribution is 9.10. The minimum atomic E-state index is -0.405. The second kappa shape index (κ2) is 12.9. The van der Waals surface area contributed by atoms with Crippen LogP contribution in [0.4, 0.5) is 5.69 Å². The molecule has 4 aromatic rings. The van der Waals surface area contributed by atoms with Gasteiger partial charge in [-0.25, -0.2) is 5.43 Å². The van der Waals surface area contributed by atoms with Crippen molar-refractivity contribution in [2.24, 2.45) is 5.10 Å². The summed E-state index contributed by atoms with van der Waals surface area (Å²) in [5.41, 5.74) is 5.36. The maximum absolute atomic E-state index is 12.8. The molecule has 0 aliphatic rings. The van der Waals surface area contributed by atoms with Crippen LogP contribution in [-0.4, -0.2) is 38.4 Å². The lowest BCUT2D eigenvalue weighted by Crippen LogP contribution is -2.20. The van der Waals surface area contributed by atoms with Gasteiger partial charge in [0.15, 0.2) is 18.1 Å². The molecule has 0 bridgehead atoms.